The number of aromatic nitrogens is 1. The molecular formula is C13H14BrIN2O. The minimum Gasteiger partial charge on any atom is -0.443 e. The minimum absolute atomic E-state index is 0.425. The first-order chi connectivity index (χ1) is 8.58. The lowest BCUT2D eigenvalue weighted by atomic mass is 10.1. The van der Waals surface area contributed by atoms with E-state index in [0.29, 0.717) is 12.6 Å². The number of nitrogens with zero attached hydrogens (tertiary/aromatic N) is 1. The molecule has 5 heteroatoms. The van der Waals surface area contributed by atoms with Crippen LogP contribution < -0.4 is 5.32 Å². The maximum atomic E-state index is 5.53. The van der Waals surface area contributed by atoms with Gasteiger partial charge in [-0.05, 0) is 40.8 Å². The van der Waals surface area contributed by atoms with Crippen LogP contribution in [0.1, 0.15) is 19.5 Å². The summed E-state index contributed by atoms with van der Waals surface area (Å²) in [5, 5.41) is 3.35. The molecule has 0 radical (unpaired) electrons. The molecule has 0 aliphatic heterocycles. The third-order valence-corrected chi connectivity index (χ3v) is 3.85. The molecule has 0 bridgehead atoms. The standard InChI is InChI=1S/C13H14BrIN2O/c1-8(2)16-6-12-13(18-7-17-12)10-5-9(15)3-4-11(10)14/h3-5,7-8,16H,6H2,1-2H3. The zero-order valence-electron chi connectivity index (χ0n) is 10.2. The molecule has 0 amide bonds. The van der Waals surface area contributed by atoms with Gasteiger partial charge in [0.15, 0.2) is 12.2 Å². The zero-order valence-corrected chi connectivity index (χ0v) is 13.9. The first kappa shape index (κ1) is 14.0. The van der Waals surface area contributed by atoms with Crippen LogP contribution in [-0.4, -0.2) is 11.0 Å². The Bertz CT molecular complexity index is 540. The molecule has 0 saturated carbocycles. The predicted octanol–water partition coefficient (Wildman–Crippen LogP) is 4.21. The van der Waals surface area contributed by atoms with Gasteiger partial charge in [0.05, 0.1) is 0 Å². The molecule has 0 saturated heterocycles. The molecule has 0 aliphatic rings. The van der Waals surface area contributed by atoms with Crippen LogP contribution in [0.3, 0.4) is 0 Å². The van der Waals surface area contributed by atoms with Crippen molar-refractivity contribution in [2.24, 2.45) is 0 Å². The topological polar surface area (TPSA) is 38.1 Å². The second-order valence-electron chi connectivity index (χ2n) is 4.29. The van der Waals surface area contributed by atoms with E-state index in [-0.39, 0.29) is 0 Å². The van der Waals surface area contributed by atoms with Crippen molar-refractivity contribution in [2.75, 3.05) is 0 Å². The van der Waals surface area contributed by atoms with Crippen LogP contribution in [0.5, 0.6) is 0 Å². The van der Waals surface area contributed by atoms with Crippen LogP contribution in [0.2, 0.25) is 0 Å². The third-order valence-electron chi connectivity index (χ3n) is 2.49. The first-order valence-corrected chi connectivity index (χ1v) is 7.56. The number of nitrogens with one attached hydrogen (secondary N) is 1. The fourth-order valence-corrected chi connectivity index (χ4v) is 2.50. The molecule has 1 N–H and O–H groups in total. The molecule has 0 unspecified atom stereocenters. The average molecular weight is 421 g/mol. The highest BCUT2D eigenvalue weighted by Crippen LogP contribution is 2.31. The number of hydrogen-bond donors (Lipinski definition) is 1. The highest BCUT2D eigenvalue weighted by Gasteiger charge is 2.14. The Kier molecular flexibility index (Phi) is 4.80. The van der Waals surface area contributed by atoms with Gasteiger partial charge in [-0.3, -0.25) is 0 Å². The lowest BCUT2D eigenvalue weighted by molar-refractivity contribution is 0.562. The Labute approximate surface area is 129 Å². The maximum Gasteiger partial charge on any atom is 0.181 e. The summed E-state index contributed by atoms with van der Waals surface area (Å²) in [6, 6.07) is 6.59. The van der Waals surface area contributed by atoms with Gasteiger partial charge in [0.25, 0.3) is 0 Å². The van der Waals surface area contributed by atoms with Crippen molar-refractivity contribution in [3.8, 4) is 11.3 Å². The van der Waals surface area contributed by atoms with Crippen molar-refractivity contribution < 1.29 is 4.42 Å². The lowest BCUT2D eigenvalue weighted by Gasteiger charge is -2.08. The summed E-state index contributed by atoms with van der Waals surface area (Å²) in [6.45, 7) is 4.93. The fourth-order valence-electron chi connectivity index (χ4n) is 1.59. The number of hydrogen-bond acceptors (Lipinski definition) is 3. The van der Waals surface area contributed by atoms with Gasteiger partial charge in [-0.2, -0.15) is 0 Å². The molecule has 18 heavy (non-hydrogen) atoms. The summed E-state index contributed by atoms with van der Waals surface area (Å²) in [7, 11) is 0. The van der Waals surface area contributed by atoms with E-state index >= 15 is 0 Å². The van der Waals surface area contributed by atoms with E-state index in [1.54, 1.807) is 0 Å². The molecule has 0 spiro atoms. The van der Waals surface area contributed by atoms with Crippen LogP contribution in [0.25, 0.3) is 11.3 Å². The van der Waals surface area contributed by atoms with Crippen molar-refractivity contribution in [1.82, 2.24) is 10.3 Å². The largest absolute Gasteiger partial charge is 0.443 e. The molecule has 0 atom stereocenters. The molecule has 0 aliphatic carbocycles. The van der Waals surface area contributed by atoms with E-state index in [1.807, 2.05) is 6.07 Å². The van der Waals surface area contributed by atoms with Crippen LogP contribution in [-0.2, 0) is 6.54 Å². The van der Waals surface area contributed by atoms with Gasteiger partial charge in [0.1, 0.15) is 5.69 Å². The SMILES string of the molecule is CC(C)NCc1ncoc1-c1cc(I)ccc1Br. The second-order valence-corrected chi connectivity index (χ2v) is 6.39. The summed E-state index contributed by atoms with van der Waals surface area (Å²) in [6.07, 6.45) is 1.50. The van der Waals surface area contributed by atoms with Crippen LogP contribution >= 0.6 is 38.5 Å². The van der Waals surface area contributed by atoms with Gasteiger partial charge < -0.3 is 9.73 Å². The molecule has 2 rings (SSSR count). The molecular weight excluding hydrogens is 407 g/mol. The van der Waals surface area contributed by atoms with Crippen molar-refractivity contribution in [2.45, 2.75) is 26.4 Å². The Balaban J connectivity index is 2.33. The van der Waals surface area contributed by atoms with E-state index in [2.05, 4.69) is 74.8 Å². The predicted molar refractivity (Wildman–Crippen MR) is 84.3 cm³/mol. The van der Waals surface area contributed by atoms with E-state index in [4.69, 9.17) is 4.42 Å². The van der Waals surface area contributed by atoms with Crippen molar-refractivity contribution in [1.29, 1.82) is 0 Å². The Morgan fingerprint density at radius 2 is 2.22 bits per heavy atom. The maximum absolute atomic E-state index is 5.53. The summed E-state index contributed by atoms with van der Waals surface area (Å²) in [5.41, 5.74) is 1.98. The highest BCUT2D eigenvalue weighted by atomic mass is 127. The molecule has 96 valence electrons. The van der Waals surface area contributed by atoms with Gasteiger partial charge in [-0.25, -0.2) is 4.98 Å². The number of benzene rings is 1. The van der Waals surface area contributed by atoms with Gasteiger partial charge in [-0.15, -0.1) is 0 Å². The summed E-state index contributed by atoms with van der Waals surface area (Å²) in [5.74, 6) is 0.827. The first-order valence-electron chi connectivity index (χ1n) is 5.69. The lowest BCUT2D eigenvalue weighted by Crippen LogP contribution is -2.22. The summed E-state index contributed by atoms with van der Waals surface area (Å²) < 4.78 is 7.72. The molecule has 1 aromatic carbocycles. The minimum atomic E-state index is 0.425. The highest BCUT2D eigenvalue weighted by molar-refractivity contribution is 14.1. The van der Waals surface area contributed by atoms with Gasteiger partial charge in [0.2, 0.25) is 0 Å². The van der Waals surface area contributed by atoms with E-state index in [9.17, 15) is 0 Å². The van der Waals surface area contributed by atoms with E-state index in [1.165, 1.54) is 9.96 Å². The average Bonchev–Trinajstić information content (AvgIpc) is 2.77. The van der Waals surface area contributed by atoms with Gasteiger partial charge in [0, 0.05) is 26.2 Å². The molecule has 1 heterocycles. The molecule has 0 fully saturated rings. The van der Waals surface area contributed by atoms with Crippen LogP contribution in [0.15, 0.2) is 33.5 Å². The Morgan fingerprint density at radius 1 is 1.44 bits per heavy atom. The van der Waals surface area contributed by atoms with Gasteiger partial charge in [-0.1, -0.05) is 29.8 Å². The van der Waals surface area contributed by atoms with Crippen molar-refractivity contribution in [3.63, 3.8) is 0 Å². The normalized spacial score (nSPS) is 11.2. The number of rotatable bonds is 4. The van der Waals surface area contributed by atoms with Gasteiger partial charge >= 0.3 is 0 Å². The van der Waals surface area contributed by atoms with Crippen molar-refractivity contribution in [3.05, 3.63) is 38.3 Å². The van der Waals surface area contributed by atoms with E-state index in [0.717, 1.165) is 21.5 Å². The van der Waals surface area contributed by atoms with E-state index < -0.39 is 0 Å². The summed E-state index contributed by atoms with van der Waals surface area (Å²) >= 11 is 5.85. The van der Waals surface area contributed by atoms with Crippen molar-refractivity contribution >= 4 is 38.5 Å². The number of halogens is 2. The molecule has 1 aromatic heterocycles. The second kappa shape index (κ2) is 6.16. The van der Waals surface area contributed by atoms with Crippen LogP contribution in [0.4, 0.5) is 0 Å². The smallest absolute Gasteiger partial charge is 0.181 e. The third kappa shape index (κ3) is 3.33. The monoisotopic (exact) mass is 420 g/mol. The fraction of sp³-hybridized carbons (Fsp3) is 0.308. The molecule has 2 aromatic rings. The summed E-state index contributed by atoms with van der Waals surface area (Å²) in [4.78, 5) is 4.28. The van der Waals surface area contributed by atoms with Crippen LogP contribution in [0, 0.1) is 3.57 Å². The zero-order chi connectivity index (χ0) is 13.1. The molecule has 3 nitrogen and oxygen atoms in total. The Hall–Kier alpha value is -0.400. The Morgan fingerprint density at radius 3 is 2.94 bits per heavy atom. The number of oxazole rings is 1. The quantitative estimate of drug-likeness (QED) is 0.753.